The number of hydrogen-bond donors (Lipinski definition) is 1. The molecule has 0 aromatic heterocycles. The Morgan fingerprint density at radius 2 is 2.12 bits per heavy atom. The first-order chi connectivity index (χ1) is 8.12. The number of hydrogen-bond acceptors (Lipinski definition) is 3. The van der Waals surface area contributed by atoms with E-state index in [1.54, 1.807) is 0 Å². The summed E-state index contributed by atoms with van der Waals surface area (Å²) >= 11 is 0. The molecule has 1 aliphatic carbocycles. The second-order valence-corrected chi connectivity index (χ2v) is 6.09. The van der Waals surface area contributed by atoms with E-state index in [-0.39, 0.29) is 5.54 Å². The van der Waals surface area contributed by atoms with Crippen molar-refractivity contribution >= 4 is 0 Å². The normalized spacial score (nSPS) is 43.2. The van der Waals surface area contributed by atoms with Crippen LogP contribution in [0.25, 0.3) is 0 Å². The minimum absolute atomic E-state index is 0.204. The zero-order valence-corrected chi connectivity index (χ0v) is 11.6. The van der Waals surface area contributed by atoms with E-state index in [0.29, 0.717) is 12.0 Å². The molecule has 0 amide bonds. The van der Waals surface area contributed by atoms with Gasteiger partial charge in [-0.25, -0.2) is 0 Å². The third kappa shape index (κ3) is 2.25. The van der Waals surface area contributed by atoms with Gasteiger partial charge in [-0.05, 0) is 31.7 Å². The fourth-order valence-electron chi connectivity index (χ4n) is 3.86. The number of rotatable bonds is 3. The van der Waals surface area contributed by atoms with Crippen molar-refractivity contribution in [2.24, 2.45) is 17.6 Å². The van der Waals surface area contributed by atoms with E-state index in [1.165, 1.54) is 25.7 Å². The van der Waals surface area contributed by atoms with Crippen LogP contribution < -0.4 is 5.73 Å². The number of ether oxygens (including phenoxy) is 1. The summed E-state index contributed by atoms with van der Waals surface area (Å²) in [4.78, 5) is 2.56. The lowest BCUT2D eigenvalue weighted by molar-refractivity contribution is -0.0218. The molecule has 2 N–H and O–H groups in total. The molecule has 2 aliphatic rings. The molecule has 2 fully saturated rings. The van der Waals surface area contributed by atoms with Crippen molar-refractivity contribution in [3.63, 3.8) is 0 Å². The summed E-state index contributed by atoms with van der Waals surface area (Å²) in [5.74, 6) is 1.48. The number of likely N-dealkylation sites (N-methyl/N-ethyl adjacent to an activating group) is 1. The van der Waals surface area contributed by atoms with Gasteiger partial charge < -0.3 is 10.5 Å². The van der Waals surface area contributed by atoms with Crippen molar-refractivity contribution in [3.05, 3.63) is 0 Å². The molecule has 1 heterocycles. The summed E-state index contributed by atoms with van der Waals surface area (Å²) in [7, 11) is 2.26. The van der Waals surface area contributed by atoms with Crippen LogP contribution in [0.3, 0.4) is 0 Å². The number of nitrogens with two attached hydrogens (primary N) is 1. The van der Waals surface area contributed by atoms with E-state index in [4.69, 9.17) is 10.5 Å². The topological polar surface area (TPSA) is 38.5 Å². The first kappa shape index (κ1) is 13.3. The zero-order chi connectivity index (χ0) is 12.5. The molecule has 2 rings (SSSR count). The molecule has 3 nitrogen and oxygen atoms in total. The first-order valence-electron chi connectivity index (χ1n) is 7.12. The Morgan fingerprint density at radius 3 is 2.71 bits per heavy atom. The van der Waals surface area contributed by atoms with Gasteiger partial charge in [0, 0.05) is 24.7 Å². The van der Waals surface area contributed by atoms with Crippen LogP contribution in [0.1, 0.15) is 39.5 Å². The van der Waals surface area contributed by atoms with Crippen LogP contribution in [-0.2, 0) is 4.74 Å². The SMILES string of the molecule is CC1CCCC(CN)(N(C)C2CCOC2)C1C. The standard InChI is InChI=1S/C14H28N2O/c1-11-5-4-7-14(10-15,12(11)2)16(3)13-6-8-17-9-13/h11-13H,4-10,15H2,1-3H3. The van der Waals surface area contributed by atoms with E-state index < -0.39 is 0 Å². The Bertz CT molecular complexity index is 253. The summed E-state index contributed by atoms with van der Waals surface area (Å²) < 4.78 is 5.54. The summed E-state index contributed by atoms with van der Waals surface area (Å²) in [6.07, 6.45) is 5.10. The third-order valence-corrected chi connectivity index (χ3v) is 5.48. The fraction of sp³-hybridized carbons (Fsp3) is 1.00. The van der Waals surface area contributed by atoms with E-state index in [9.17, 15) is 0 Å². The van der Waals surface area contributed by atoms with Gasteiger partial charge in [-0.15, -0.1) is 0 Å². The van der Waals surface area contributed by atoms with E-state index in [1.807, 2.05) is 0 Å². The summed E-state index contributed by atoms with van der Waals surface area (Å²) in [5, 5.41) is 0. The molecule has 100 valence electrons. The van der Waals surface area contributed by atoms with Gasteiger partial charge in [-0.2, -0.15) is 0 Å². The lowest BCUT2D eigenvalue weighted by Gasteiger charge is -2.52. The van der Waals surface area contributed by atoms with Gasteiger partial charge in [0.25, 0.3) is 0 Å². The molecule has 1 aliphatic heterocycles. The molecule has 4 unspecified atom stereocenters. The molecule has 0 aromatic carbocycles. The Morgan fingerprint density at radius 1 is 1.35 bits per heavy atom. The van der Waals surface area contributed by atoms with Crippen LogP contribution in [0.15, 0.2) is 0 Å². The first-order valence-corrected chi connectivity index (χ1v) is 7.12. The molecule has 0 bridgehead atoms. The van der Waals surface area contributed by atoms with Crippen LogP contribution in [0.2, 0.25) is 0 Å². The highest BCUT2D eigenvalue weighted by Crippen LogP contribution is 2.42. The predicted octanol–water partition coefficient (Wildman–Crippen LogP) is 1.86. The lowest BCUT2D eigenvalue weighted by atomic mass is 9.67. The Hall–Kier alpha value is -0.120. The van der Waals surface area contributed by atoms with Crippen LogP contribution in [-0.4, -0.2) is 43.3 Å². The summed E-state index contributed by atoms with van der Waals surface area (Å²) in [6, 6.07) is 0.575. The smallest absolute Gasteiger partial charge is 0.0622 e. The quantitative estimate of drug-likeness (QED) is 0.818. The Balaban J connectivity index is 2.16. The van der Waals surface area contributed by atoms with Gasteiger partial charge in [0.05, 0.1) is 6.61 Å². The van der Waals surface area contributed by atoms with Crippen molar-refractivity contribution in [3.8, 4) is 0 Å². The van der Waals surface area contributed by atoms with Crippen molar-refractivity contribution in [2.75, 3.05) is 26.8 Å². The van der Waals surface area contributed by atoms with Crippen LogP contribution in [0, 0.1) is 11.8 Å². The molecule has 3 heteroatoms. The van der Waals surface area contributed by atoms with Gasteiger partial charge >= 0.3 is 0 Å². The molecule has 0 spiro atoms. The van der Waals surface area contributed by atoms with Gasteiger partial charge in [-0.1, -0.05) is 26.7 Å². The highest BCUT2D eigenvalue weighted by molar-refractivity contribution is 5.01. The Labute approximate surface area is 106 Å². The third-order valence-electron chi connectivity index (χ3n) is 5.48. The van der Waals surface area contributed by atoms with Gasteiger partial charge in [-0.3, -0.25) is 4.90 Å². The maximum Gasteiger partial charge on any atom is 0.0622 e. The van der Waals surface area contributed by atoms with Gasteiger partial charge in [0.2, 0.25) is 0 Å². The average Bonchev–Trinajstić information content (AvgIpc) is 2.86. The van der Waals surface area contributed by atoms with Crippen LogP contribution in [0.5, 0.6) is 0 Å². The highest BCUT2D eigenvalue weighted by atomic mass is 16.5. The molecular weight excluding hydrogens is 212 g/mol. The molecule has 1 saturated carbocycles. The maximum absolute atomic E-state index is 6.18. The number of nitrogens with zero attached hydrogens (tertiary/aromatic N) is 1. The average molecular weight is 240 g/mol. The molecule has 4 atom stereocenters. The monoisotopic (exact) mass is 240 g/mol. The Kier molecular flexibility index (Phi) is 4.11. The lowest BCUT2D eigenvalue weighted by Crippen LogP contribution is -2.62. The van der Waals surface area contributed by atoms with Gasteiger partial charge in [0.15, 0.2) is 0 Å². The fourth-order valence-corrected chi connectivity index (χ4v) is 3.86. The maximum atomic E-state index is 6.18. The van der Waals surface area contributed by atoms with Crippen molar-refractivity contribution in [2.45, 2.75) is 51.1 Å². The molecule has 0 aromatic rings. The van der Waals surface area contributed by atoms with Crippen LogP contribution in [0.4, 0.5) is 0 Å². The molecule has 1 saturated heterocycles. The van der Waals surface area contributed by atoms with Crippen LogP contribution >= 0.6 is 0 Å². The van der Waals surface area contributed by atoms with Crippen molar-refractivity contribution in [1.29, 1.82) is 0 Å². The van der Waals surface area contributed by atoms with Gasteiger partial charge in [0.1, 0.15) is 0 Å². The minimum Gasteiger partial charge on any atom is -0.380 e. The second-order valence-electron chi connectivity index (χ2n) is 6.09. The minimum atomic E-state index is 0.204. The predicted molar refractivity (Wildman–Crippen MR) is 71.0 cm³/mol. The zero-order valence-electron chi connectivity index (χ0n) is 11.6. The van der Waals surface area contributed by atoms with Crippen molar-refractivity contribution in [1.82, 2.24) is 4.90 Å². The van der Waals surface area contributed by atoms with E-state index in [0.717, 1.165) is 25.7 Å². The van der Waals surface area contributed by atoms with E-state index in [2.05, 4.69) is 25.8 Å². The summed E-state index contributed by atoms with van der Waals surface area (Å²) in [6.45, 7) is 7.36. The summed E-state index contributed by atoms with van der Waals surface area (Å²) in [5.41, 5.74) is 6.38. The molecular formula is C14H28N2O. The second kappa shape index (κ2) is 5.25. The largest absolute Gasteiger partial charge is 0.380 e. The van der Waals surface area contributed by atoms with Crippen molar-refractivity contribution < 1.29 is 4.74 Å². The van der Waals surface area contributed by atoms with E-state index >= 15 is 0 Å². The molecule has 17 heavy (non-hydrogen) atoms. The highest BCUT2D eigenvalue weighted by Gasteiger charge is 2.45. The molecule has 0 radical (unpaired) electrons.